The summed E-state index contributed by atoms with van der Waals surface area (Å²) in [5, 5.41) is 3.18. The molecule has 27 heavy (non-hydrogen) atoms. The Balaban J connectivity index is 1.40. The number of benzene rings is 1. The molecule has 5 heteroatoms. The van der Waals surface area contributed by atoms with E-state index < -0.39 is 0 Å². The van der Waals surface area contributed by atoms with Crippen molar-refractivity contribution < 1.29 is 9.53 Å². The van der Waals surface area contributed by atoms with Crippen molar-refractivity contribution in [1.29, 1.82) is 0 Å². The zero-order chi connectivity index (χ0) is 19.3. The number of carbonyl (C=O) groups is 1. The molecule has 0 N–H and O–H groups in total. The second kappa shape index (κ2) is 8.87. The zero-order valence-corrected chi connectivity index (χ0v) is 17.4. The topological polar surface area (TPSA) is 42.4 Å². The maximum absolute atomic E-state index is 12.5. The van der Waals surface area contributed by atoms with Gasteiger partial charge in [0.05, 0.1) is 11.6 Å². The fourth-order valence-corrected chi connectivity index (χ4v) is 4.23. The minimum absolute atomic E-state index is 0.149. The lowest BCUT2D eigenvalue weighted by Crippen LogP contribution is -2.39. The van der Waals surface area contributed by atoms with Crippen molar-refractivity contribution in [2.75, 3.05) is 19.7 Å². The highest BCUT2D eigenvalue weighted by molar-refractivity contribution is 7.09. The van der Waals surface area contributed by atoms with Gasteiger partial charge >= 0.3 is 0 Å². The van der Waals surface area contributed by atoms with Crippen molar-refractivity contribution in [1.82, 2.24) is 9.88 Å². The molecule has 1 atom stereocenters. The van der Waals surface area contributed by atoms with Crippen LogP contribution in [0, 0.1) is 0 Å². The van der Waals surface area contributed by atoms with Gasteiger partial charge in [0.25, 0.3) is 0 Å². The van der Waals surface area contributed by atoms with E-state index in [1.807, 2.05) is 28.6 Å². The van der Waals surface area contributed by atoms with Gasteiger partial charge in [-0.2, -0.15) is 0 Å². The van der Waals surface area contributed by atoms with E-state index in [9.17, 15) is 4.79 Å². The highest BCUT2D eigenvalue weighted by Gasteiger charge is 2.25. The maximum Gasteiger partial charge on any atom is 0.222 e. The molecule has 1 saturated heterocycles. The van der Waals surface area contributed by atoms with Gasteiger partial charge in [-0.1, -0.05) is 32.9 Å². The monoisotopic (exact) mass is 386 g/mol. The molecule has 1 aliphatic rings. The zero-order valence-electron chi connectivity index (χ0n) is 16.6. The lowest BCUT2D eigenvalue weighted by molar-refractivity contribution is -0.132. The quantitative estimate of drug-likeness (QED) is 0.656. The molecule has 4 nitrogen and oxygen atoms in total. The van der Waals surface area contributed by atoms with Crippen LogP contribution in [0.25, 0.3) is 0 Å². The molecule has 1 amide bonds. The summed E-state index contributed by atoms with van der Waals surface area (Å²) in [7, 11) is 0. The normalized spacial score (nSPS) is 17.7. The summed E-state index contributed by atoms with van der Waals surface area (Å²) < 4.78 is 5.81. The molecule has 0 radical (unpaired) electrons. The SMILES string of the molecule is CC(C)(C)c1ccc(OCCCC(=O)N2CCCC(c3nccs3)C2)cc1. The van der Waals surface area contributed by atoms with Gasteiger partial charge in [0, 0.05) is 37.0 Å². The van der Waals surface area contributed by atoms with Crippen molar-refractivity contribution in [3.05, 3.63) is 46.4 Å². The number of thiazole rings is 1. The molecule has 2 heterocycles. The fraction of sp³-hybridized carbons (Fsp3) is 0.545. The lowest BCUT2D eigenvalue weighted by atomic mass is 9.87. The van der Waals surface area contributed by atoms with E-state index in [1.165, 1.54) is 5.56 Å². The Labute approximate surface area is 166 Å². The lowest BCUT2D eigenvalue weighted by Gasteiger charge is -2.32. The predicted octanol–water partition coefficient (Wildman–Crippen LogP) is 5.01. The number of hydrogen-bond donors (Lipinski definition) is 0. The van der Waals surface area contributed by atoms with E-state index in [0.29, 0.717) is 18.9 Å². The fourth-order valence-electron chi connectivity index (χ4n) is 3.46. The molecule has 0 aliphatic carbocycles. The summed E-state index contributed by atoms with van der Waals surface area (Å²) >= 11 is 1.70. The van der Waals surface area contributed by atoms with E-state index in [2.05, 4.69) is 37.9 Å². The summed E-state index contributed by atoms with van der Waals surface area (Å²) in [6.07, 6.45) is 5.34. The molecular weight excluding hydrogens is 356 g/mol. The van der Waals surface area contributed by atoms with Crippen molar-refractivity contribution >= 4 is 17.2 Å². The summed E-state index contributed by atoms with van der Waals surface area (Å²) in [6.45, 7) is 8.86. The Hall–Kier alpha value is -1.88. The first-order chi connectivity index (χ1) is 12.9. The maximum atomic E-state index is 12.5. The van der Waals surface area contributed by atoms with Crippen molar-refractivity contribution in [2.24, 2.45) is 0 Å². The standard InChI is InChI=1S/C22H30N2O2S/c1-22(2,3)18-8-10-19(11-9-18)26-14-5-7-20(25)24-13-4-6-17(16-24)21-23-12-15-27-21/h8-12,15,17H,4-7,13-14,16H2,1-3H3. The molecular formula is C22H30N2O2S. The summed E-state index contributed by atoms with van der Waals surface area (Å²) in [5.41, 5.74) is 1.44. The molecule has 1 aliphatic heterocycles. The van der Waals surface area contributed by atoms with Gasteiger partial charge in [0.1, 0.15) is 5.75 Å². The Morgan fingerprint density at radius 1 is 1.30 bits per heavy atom. The molecule has 3 rings (SSSR count). The number of carbonyl (C=O) groups excluding carboxylic acids is 1. The van der Waals surface area contributed by atoms with Gasteiger partial charge in [-0.25, -0.2) is 4.98 Å². The molecule has 1 aromatic carbocycles. The van der Waals surface area contributed by atoms with Crippen molar-refractivity contribution in [2.45, 2.75) is 57.8 Å². The molecule has 1 fully saturated rings. The van der Waals surface area contributed by atoms with E-state index >= 15 is 0 Å². The van der Waals surface area contributed by atoms with Gasteiger partial charge in [-0.05, 0) is 42.4 Å². The summed E-state index contributed by atoms with van der Waals surface area (Å²) in [6, 6.07) is 8.28. The summed E-state index contributed by atoms with van der Waals surface area (Å²) in [5.74, 6) is 1.51. The second-order valence-corrected chi connectivity index (χ2v) is 9.20. The number of amides is 1. The predicted molar refractivity (Wildman–Crippen MR) is 111 cm³/mol. The number of piperidine rings is 1. The molecule has 1 unspecified atom stereocenters. The van der Waals surface area contributed by atoms with Crippen LogP contribution in [0.1, 0.15) is 62.9 Å². The van der Waals surface area contributed by atoms with Gasteiger partial charge in [-0.15, -0.1) is 11.3 Å². The Morgan fingerprint density at radius 2 is 2.07 bits per heavy atom. The van der Waals surface area contributed by atoms with Crippen LogP contribution in [0.5, 0.6) is 5.75 Å². The summed E-state index contributed by atoms with van der Waals surface area (Å²) in [4.78, 5) is 19.0. The third kappa shape index (κ3) is 5.55. The largest absolute Gasteiger partial charge is 0.494 e. The van der Waals surface area contributed by atoms with Crippen LogP contribution in [0.4, 0.5) is 0 Å². The van der Waals surface area contributed by atoms with Gasteiger partial charge in [0.2, 0.25) is 5.91 Å². The average molecular weight is 387 g/mol. The average Bonchev–Trinajstić information content (AvgIpc) is 3.20. The van der Waals surface area contributed by atoms with E-state index in [4.69, 9.17) is 4.74 Å². The van der Waals surface area contributed by atoms with Crippen molar-refractivity contribution in [3.8, 4) is 5.75 Å². The number of aromatic nitrogens is 1. The van der Waals surface area contributed by atoms with Gasteiger partial charge in [-0.3, -0.25) is 4.79 Å². The Kier molecular flexibility index (Phi) is 6.53. The van der Waals surface area contributed by atoms with E-state index in [0.717, 1.165) is 43.1 Å². The van der Waals surface area contributed by atoms with Crippen LogP contribution < -0.4 is 4.74 Å². The smallest absolute Gasteiger partial charge is 0.222 e. The molecule has 0 spiro atoms. The van der Waals surface area contributed by atoms with E-state index in [-0.39, 0.29) is 11.3 Å². The molecule has 2 aromatic rings. The number of rotatable bonds is 6. The number of hydrogen-bond acceptors (Lipinski definition) is 4. The number of ether oxygens (including phenoxy) is 1. The molecule has 0 saturated carbocycles. The molecule has 0 bridgehead atoms. The first kappa shape index (κ1) is 19.9. The minimum Gasteiger partial charge on any atom is -0.494 e. The highest BCUT2D eigenvalue weighted by Crippen LogP contribution is 2.28. The van der Waals surface area contributed by atoms with Gasteiger partial charge < -0.3 is 9.64 Å². The molecule has 1 aromatic heterocycles. The van der Waals surface area contributed by atoms with Crippen LogP contribution in [0.15, 0.2) is 35.8 Å². The molecule has 146 valence electrons. The minimum atomic E-state index is 0.149. The first-order valence-electron chi connectivity index (χ1n) is 9.84. The van der Waals surface area contributed by atoms with Crippen LogP contribution in [0.2, 0.25) is 0 Å². The number of likely N-dealkylation sites (tertiary alicyclic amines) is 1. The van der Waals surface area contributed by atoms with E-state index in [1.54, 1.807) is 11.3 Å². The van der Waals surface area contributed by atoms with Crippen LogP contribution >= 0.6 is 11.3 Å². The van der Waals surface area contributed by atoms with Crippen LogP contribution in [-0.4, -0.2) is 35.5 Å². The highest BCUT2D eigenvalue weighted by atomic mass is 32.1. The van der Waals surface area contributed by atoms with Crippen LogP contribution in [-0.2, 0) is 10.2 Å². The van der Waals surface area contributed by atoms with Crippen LogP contribution in [0.3, 0.4) is 0 Å². The Bertz CT molecular complexity index is 720. The Morgan fingerprint density at radius 3 is 2.74 bits per heavy atom. The second-order valence-electron chi connectivity index (χ2n) is 8.28. The van der Waals surface area contributed by atoms with Gasteiger partial charge in [0.15, 0.2) is 0 Å². The number of nitrogens with zero attached hydrogens (tertiary/aromatic N) is 2. The third-order valence-electron chi connectivity index (χ3n) is 5.10. The third-order valence-corrected chi connectivity index (χ3v) is 6.04. The first-order valence-corrected chi connectivity index (χ1v) is 10.7. The van der Waals surface area contributed by atoms with Crippen molar-refractivity contribution in [3.63, 3.8) is 0 Å².